The largest absolute Gasteiger partial charge is 0.497 e. The third-order valence-electron chi connectivity index (χ3n) is 3.93. The second kappa shape index (κ2) is 11.2. The van der Waals surface area contributed by atoms with Gasteiger partial charge in [-0.05, 0) is 42.2 Å². The first-order chi connectivity index (χ1) is 12.7. The van der Waals surface area contributed by atoms with Crippen LogP contribution in [0.3, 0.4) is 0 Å². The lowest BCUT2D eigenvalue weighted by Gasteiger charge is -2.12. The molecule has 5 nitrogen and oxygen atoms in total. The highest BCUT2D eigenvalue weighted by molar-refractivity contribution is 5.79. The maximum Gasteiger partial charge on any atom is 0.191 e. The Morgan fingerprint density at radius 1 is 0.962 bits per heavy atom. The number of guanidine groups is 1. The Hall–Kier alpha value is -2.53. The second-order valence-electron chi connectivity index (χ2n) is 5.97. The Morgan fingerprint density at radius 3 is 2.42 bits per heavy atom. The minimum atomic E-state index is 0.623. The molecule has 0 heterocycles. The zero-order valence-electron chi connectivity index (χ0n) is 15.9. The molecule has 0 atom stereocenters. The van der Waals surface area contributed by atoms with Gasteiger partial charge in [-0.3, -0.25) is 0 Å². The topological polar surface area (TPSA) is 54.9 Å². The van der Waals surface area contributed by atoms with E-state index in [4.69, 9.17) is 9.47 Å². The summed E-state index contributed by atoms with van der Waals surface area (Å²) in [5, 5.41) is 6.68. The lowest BCUT2D eigenvalue weighted by molar-refractivity contribution is 0.185. The van der Waals surface area contributed by atoms with E-state index < -0.39 is 0 Å². The number of nitrogens with zero attached hydrogens (tertiary/aromatic N) is 1. The third-order valence-corrected chi connectivity index (χ3v) is 3.93. The molecule has 0 radical (unpaired) electrons. The standard InChI is InChI=1S/C21H29N3O2/c1-4-22-21(23-13-12-17-8-10-20(26-3)11-9-17)24-15-18-6-5-7-19(14-18)16-25-2/h5-11,14H,4,12-13,15-16H2,1-3H3,(H2,22,23,24). The number of aliphatic imine (C=N–C) groups is 1. The van der Waals surface area contributed by atoms with Gasteiger partial charge in [0.25, 0.3) is 0 Å². The monoisotopic (exact) mass is 355 g/mol. The van der Waals surface area contributed by atoms with Crippen molar-refractivity contribution in [3.63, 3.8) is 0 Å². The SMILES string of the molecule is CCNC(=NCc1cccc(COC)c1)NCCc1ccc(OC)cc1. The Kier molecular flexibility index (Phi) is 8.49. The minimum Gasteiger partial charge on any atom is -0.497 e. The molecule has 0 aliphatic carbocycles. The van der Waals surface area contributed by atoms with Gasteiger partial charge < -0.3 is 20.1 Å². The summed E-state index contributed by atoms with van der Waals surface area (Å²) in [6.07, 6.45) is 0.928. The van der Waals surface area contributed by atoms with Crippen molar-refractivity contribution >= 4 is 5.96 Å². The van der Waals surface area contributed by atoms with E-state index in [0.29, 0.717) is 13.2 Å². The molecule has 2 N–H and O–H groups in total. The van der Waals surface area contributed by atoms with E-state index in [1.165, 1.54) is 11.1 Å². The van der Waals surface area contributed by atoms with Crippen LogP contribution in [-0.4, -0.2) is 33.3 Å². The molecule has 0 bridgehead atoms. The normalized spacial score (nSPS) is 11.3. The molecule has 26 heavy (non-hydrogen) atoms. The number of methoxy groups -OCH3 is 2. The summed E-state index contributed by atoms with van der Waals surface area (Å²) in [5.41, 5.74) is 3.60. The Morgan fingerprint density at radius 2 is 1.73 bits per heavy atom. The molecular formula is C21H29N3O2. The fourth-order valence-electron chi connectivity index (χ4n) is 2.61. The summed E-state index contributed by atoms with van der Waals surface area (Å²) < 4.78 is 10.4. The summed E-state index contributed by atoms with van der Waals surface area (Å²) in [7, 11) is 3.39. The first-order valence-corrected chi connectivity index (χ1v) is 8.97. The van der Waals surface area contributed by atoms with Crippen LogP contribution in [0.4, 0.5) is 0 Å². The molecule has 140 valence electrons. The molecule has 2 rings (SSSR count). The van der Waals surface area contributed by atoms with Crippen LogP contribution in [0, 0.1) is 0 Å². The Balaban J connectivity index is 1.88. The van der Waals surface area contributed by atoms with Gasteiger partial charge in [-0.15, -0.1) is 0 Å². The summed E-state index contributed by atoms with van der Waals surface area (Å²) in [4.78, 5) is 4.68. The number of rotatable bonds is 9. The van der Waals surface area contributed by atoms with Crippen molar-refractivity contribution in [1.82, 2.24) is 10.6 Å². The molecule has 0 spiro atoms. The highest BCUT2D eigenvalue weighted by Crippen LogP contribution is 2.11. The van der Waals surface area contributed by atoms with Gasteiger partial charge in [0.2, 0.25) is 0 Å². The van der Waals surface area contributed by atoms with Crippen molar-refractivity contribution in [2.45, 2.75) is 26.5 Å². The van der Waals surface area contributed by atoms with E-state index in [1.807, 2.05) is 18.2 Å². The van der Waals surface area contributed by atoms with Crippen LogP contribution in [0.2, 0.25) is 0 Å². The summed E-state index contributed by atoms with van der Waals surface area (Å²) >= 11 is 0. The molecule has 2 aromatic rings. The van der Waals surface area contributed by atoms with Crippen molar-refractivity contribution in [1.29, 1.82) is 0 Å². The summed E-state index contributed by atoms with van der Waals surface area (Å²) in [6, 6.07) is 16.5. The lowest BCUT2D eigenvalue weighted by atomic mass is 10.1. The van der Waals surface area contributed by atoms with E-state index in [1.54, 1.807) is 14.2 Å². The number of hydrogen-bond acceptors (Lipinski definition) is 3. The average molecular weight is 355 g/mol. The maximum absolute atomic E-state index is 5.19. The van der Waals surface area contributed by atoms with Crippen LogP contribution in [0.1, 0.15) is 23.6 Å². The predicted octanol–water partition coefficient (Wildman–Crippen LogP) is 3.14. The van der Waals surface area contributed by atoms with Gasteiger partial charge in [0, 0.05) is 20.2 Å². The molecule has 2 aromatic carbocycles. The van der Waals surface area contributed by atoms with Crippen molar-refractivity contribution in [2.75, 3.05) is 27.3 Å². The van der Waals surface area contributed by atoms with Crippen LogP contribution in [-0.2, 0) is 24.3 Å². The molecular weight excluding hydrogens is 326 g/mol. The second-order valence-corrected chi connectivity index (χ2v) is 5.97. The average Bonchev–Trinajstić information content (AvgIpc) is 2.67. The van der Waals surface area contributed by atoms with E-state index in [0.717, 1.165) is 36.8 Å². The van der Waals surface area contributed by atoms with Gasteiger partial charge in [0.05, 0.1) is 20.3 Å². The van der Waals surface area contributed by atoms with Crippen LogP contribution < -0.4 is 15.4 Å². The zero-order chi connectivity index (χ0) is 18.6. The highest BCUT2D eigenvalue weighted by atomic mass is 16.5. The van der Waals surface area contributed by atoms with Crippen LogP contribution >= 0.6 is 0 Å². The fraction of sp³-hybridized carbons (Fsp3) is 0.381. The van der Waals surface area contributed by atoms with Crippen molar-refractivity contribution in [3.05, 3.63) is 65.2 Å². The van der Waals surface area contributed by atoms with E-state index in [2.05, 4.69) is 52.9 Å². The maximum atomic E-state index is 5.19. The van der Waals surface area contributed by atoms with E-state index >= 15 is 0 Å². The van der Waals surface area contributed by atoms with Gasteiger partial charge in [0.15, 0.2) is 5.96 Å². The molecule has 0 saturated heterocycles. The first-order valence-electron chi connectivity index (χ1n) is 8.97. The molecule has 0 aliphatic rings. The van der Waals surface area contributed by atoms with Gasteiger partial charge in [0.1, 0.15) is 5.75 Å². The Labute approximate surface area is 156 Å². The van der Waals surface area contributed by atoms with Crippen LogP contribution in [0.15, 0.2) is 53.5 Å². The molecule has 0 amide bonds. The van der Waals surface area contributed by atoms with E-state index in [-0.39, 0.29) is 0 Å². The third kappa shape index (κ3) is 6.76. The van der Waals surface area contributed by atoms with Crippen LogP contribution in [0.5, 0.6) is 5.75 Å². The Bertz CT molecular complexity index is 684. The fourth-order valence-corrected chi connectivity index (χ4v) is 2.61. The molecule has 5 heteroatoms. The molecule has 0 saturated carbocycles. The molecule has 0 aromatic heterocycles. The number of benzene rings is 2. The van der Waals surface area contributed by atoms with Gasteiger partial charge in [-0.1, -0.05) is 36.4 Å². The van der Waals surface area contributed by atoms with Crippen LogP contribution in [0.25, 0.3) is 0 Å². The predicted molar refractivity (Wildman–Crippen MR) is 107 cm³/mol. The number of hydrogen-bond donors (Lipinski definition) is 2. The van der Waals surface area contributed by atoms with Gasteiger partial charge in [-0.25, -0.2) is 4.99 Å². The number of nitrogens with one attached hydrogen (secondary N) is 2. The quantitative estimate of drug-likeness (QED) is 0.536. The number of ether oxygens (including phenoxy) is 2. The highest BCUT2D eigenvalue weighted by Gasteiger charge is 2.00. The van der Waals surface area contributed by atoms with Crippen molar-refractivity contribution in [3.8, 4) is 5.75 Å². The van der Waals surface area contributed by atoms with Gasteiger partial charge >= 0.3 is 0 Å². The first kappa shape index (κ1) is 19.8. The molecule has 0 fully saturated rings. The lowest BCUT2D eigenvalue weighted by Crippen LogP contribution is -2.38. The van der Waals surface area contributed by atoms with Crippen molar-refractivity contribution < 1.29 is 9.47 Å². The minimum absolute atomic E-state index is 0.623. The summed E-state index contributed by atoms with van der Waals surface area (Å²) in [5.74, 6) is 1.71. The van der Waals surface area contributed by atoms with Crippen molar-refractivity contribution in [2.24, 2.45) is 4.99 Å². The molecule has 0 aliphatic heterocycles. The smallest absolute Gasteiger partial charge is 0.191 e. The molecule has 0 unspecified atom stereocenters. The zero-order valence-corrected chi connectivity index (χ0v) is 15.9. The van der Waals surface area contributed by atoms with E-state index in [9.17, 15) is 0 Å². The summed E-state index contributed by atoms with van der Waals surface area (Å²) in [6.45, 7) is 4.98. The van der Waals surface area contributed by atoms with Gasteiger partial charge in [-0.2, -0.15) is 0 Å².